The summed E-state index contributed by atoms with van der Waals surface area (Å²) >= 11 is 0. The maximum Gasteiger partial charge on any atom is 0.115 e. The van der Waals surface area contributed by atoms with Crippen molar-refractivity contribution in [3.8, 4) is 5.75 Å². The van der Waals surface area contributed by atoms with Crippen LogP contribution in [0.25, 0.3) is 6.08 Å². The first-order valence-electron chi connectivity index (χ1n) is 4.39. The largest absolute Gasteiger partial charge is 0.508 e. The quantitative estimate of drug-likeness (QED) is 0.548. The predicted octanol–water partition coefficient (Wildman–Crippen LogP) is 3.37. The second kappa shape index (κ2) is 5.20. The number of phenolic OH excluding ortho intramolecular Hbond substituents is 1. The van der Waals surface area contributed by atoms with Gasteiger partial charge in [-0.3, -0.25) is 0 Å². The molecule has 0 saturated carbocycles. The van der Waals surface area contributed by atoms with Gasteiger partial charge in [-0.25, -0.2) is 0 Å². The molecule has 0 aliphatic rings. The van der Waals surface area contributed by atoms with E-state index in [-0.39, 0.29) is 0 Å². The Morgan fingerprint density at radius 2 is 1.85 bits per heavy atom. The molecular formula is C12H14O. The molecule has 1 aromatic rings. The molecule has 0 fully saturated rings. The maximum absolute atomic E-state index is 9.03. The summed E-state index contributed by atoms with van der Waals surface area (Å²) in [6.07, 6.45) is 8.08. The van der Waals surface area contributed by atoms with Crippen LogP contribution in [0.4, 0.5) is 0 Å². The molecule has 0 heterocycles. The topological polar surface area (TPSA) is 20.2 Å². The Labute approximate surface area is 79.0 Å². The molecular weight excluding hydrogens is 160 g/mol. The maximum atomic E-state index is 9.03. The fraction of sp³-hybridized carbons (Fsp3) is 0.167. The van der Waals surface area contributed by atoms with Crippen molar-refractivity contribution in [1.29, 1.82) is 0 Å². The third-order valence-corrected chi connectivity index (χ3v) is 1.74. The zero-order valence-electron chi connectivity index (χ0n) is 7.61. The minimum absolute atomic E-state index is 0.309. The number of aromatic hydroxyl groups is 1. The smallest absolute Gasteiger partial charge is 0.115 e. The fourth-order valence-electron chi connectivity index (χ4n) is 1.02. The molecule has 0 radical (unpaired) electrons. The summed E-state index contributed by atoms with van der Waals surface area (Å²) in [4.78, 5) is 0. The van der Waals surface area contributed by atoms with Gasteiger partial charge in [-0.1, -0.05) is 30.4 Å². The normalized spacial score (nSPS) is 10.5. The SMILES string of the molecule is C=CCC/C=C/c1ccc(O)cc1. The summed E-state index contributed by atoms with van der Waals surface area (Å²) in [7, 11) is 0. The Morgan fingerprint density at radius 3 is 2.46 bits per heavy atom. The van der Waals surface area contributed by atoms with E-state index < -0.39 is 0 Å². The van der Waals surface area contributed by atoms with Gasteiger partial charge >= 0.3 is 0 Å². The van der Waals surface area contributed by atoms with Gasteiger partial charge in [0.25, 0.3) is 0 Å². The highest BCUT2D eigenvalue weighted by Crippen LogP contribution is 2.11. The lowest BCUT2D eigenvalue weighted by Gasteiger charge is -1.93. The summed E-state index contributed by atoms with van der Waals surface area (Å²) in [6, 6.07) is 7.15. The summed E-state index contributed by atoms with van der Waals surface area (Å²) in [6.45, 7) is 3.65. The summed E-state index contributed by atoms with van der Waals surface area (Å²) in [5.41, 5.74) is 1.11. The van der Waals surface area contributed by atoms with Crippen LogP contribution in [-0.2, 0) is 0 Å². The number of hydrogen-bond acceptors (Lipinski definition) is 1. The minimum atomic E-state index is 0.309. The molecule has 0 spiro atoms. The second-order valence-corrected chi connectivity index (χ2v) is 2.86. The lowest BCUT2D eigenvalue weighted by Crippen LogP contribution is -1.70. The Kier molecular flexibility index (Phi) is 3.83. The molecule has 1 N–H and O–H groups in total. The van der Waals surface area contributed by atoms with Gasteiger partial charge in [-0.15, -0.1) is 6.58 Å². The van der Waals surface area contributed by atoms with Gasteiger partial charge in [-0.05, 0) is 30.5 Å². The third-order valence-electron chi connectivity index (χ3n) is 1.74. The van der Waals surface area contributed by atoms with Gasteiger partial charge < -0.3 is 5.11 Å². The van der Waals surface area contributed by atoms with Crippen LogP contribution < -0.4 is 0 Å². The van der Waals surface area contributed by atoms with Crippen LogP contribution in [0.2, 0.25) is 0 Å². The number of benzene rings is 1. The van der Waals surface area contributed by atoms with Crippen LogP contribution in [0, 0.1) is 0 Å². The van der Waals surface area contributed by atoms with E-state index in [1.54, 1.807) is 12.1 Å². The van der Waals surface area contributed by atoms with Crippen LogP contribution in [0.1, 0.15) is 18.4 Å². The Morgan fingerprint density at radius 1 is 1.15 bits per heavy atom. The van der Waals surface area contributed by atoms with Crippen molar-refractivity contribution >= 4 is 6.08 Å². The van der Waals surface area contributed by atoms with Gasteiger partial charge in [0.05, 0.1) is 0 Å². The number of rotatable bonds is 4. The Bertz CT molecular complexity index is 282. The van der Waals surface area contributed by atoms with Crippen LogP contribution in [0.15, 0.2) is 43.0 Å². The molecule has 13 heavy (non-hydrogen) atoms. The highest BCUT2D eigenvalue weighted by atomic mass is 16.3. The van der Waals surface area contributed by atoms with Crippen molar-refractivity contribution in [2.75, 3.05) is 0 Å². The van der Waals surface area contributed by atoms with Crippen molar-refractivity contribution in [1.82, 2.24) is 0 Å². The molecule has 1 aromatic carbocycles. The van der Waals surface area contributed by atoms with Crippen LogP contribution in [-0.4, -0.2) is 5.11 Å². The standard InChI is InChI=1S/C12H14O/c1-2-3-4-5-6-11-7-9-12(13)10-8-11/h2,5-10,13H,1,3-4H2/b6-5+. The van der Waals surface area contributed by atoms with Crippen LogP contribution in [0.5, 0.6) is 5.75 Å². The lowest BCUT2D eigenvalue weighted by atomic mass is 10.2. The van der Waals surface area contributed by atoms with Crippen molar-refractivity contribution in [2.24, 2.45) is 0 Å². The third kappa shape index (κ3) is 3.61. The van der Waals surface area contributed by atoms with Gasteiger partial charge in [0.1, 0.15) is 5.75 Å². The average molecular weight is 174 g/mol. The molecule has 1 heteroatoms. The minimum Gasteiger partial charge on any atom is -0.508 e. The molecule has 1 rings (SSSR count). The van der Waals surface area contributed by atoms with E-state index in [2.05, 4.69) is 12.7 Å². The van der Waals surface area contributed by atoms with Gasteiger partial charge in [-0.2, -0.15) is 0 Å². The molecule has 0 aliphatic carbocycles. The lowest BCUT2D eigenvalue weighted by molar-refractivity contribution is 0.475. The van der Waals surface area contributed by atoms with Crippen molar-refractivity contribution < 1.29 is 5.11 Å². The predicted molar refractivity (Wildman–Crippen MR) is 56.6 cm³/mol. The zero-order chi connectivity index (χ0) is 9.52. The van der Waals surface area contributed by atoms with Crippen LogP contribution >= 0.6 is 0 Å². The van der Waals surface area contributed by atoms with E-state index >= 15 is 0 Å². The van der Waals surface area contributed by atoms with E-state index in [1.165, 1.54) is 0 Å². The molecule has 0 aromatic heterocycles. The molecule has 1 nitrogen and oxygen atoms in total. The summed E-state index contributed by atoms with van der Waals surface area (Å²) < 4.78 is 0. The fourth-order valence-corrected chi connectivity index (χ4v) is 1.02. The Hall–Kier alpha value is -1.50. The number of unbranched alkanes of at least 4 members (excludes halogenated alkanes) is 1. The van der Waals surface area contributed by atoms with Gasteiger partial charge in [0, 0.05) is 0 Å². The molecule has 0 amide bonds. The highest BCUT2D eigenvalue weighted by molar-refractivity contribution is 5.50. The number of allylic oxidation sites excluding steroid dienone is 2. The van der Waals surface area contributed by atoms with Crippen molar-refractivity contribution in [2.45, 2.75) is 12.8 Å². The first-order chi connectivity index (χ1) is 6.33. The second-order valence-electron chi connectivity index (χ2n) is 2.86. The molecule has 0 saturated heterocycles. The number of phenols is 1. The van der Waals surface area contributed by atoms with Gasteiger partial charge in [0.15, 0.2) is 0 Å². The Balaban J connectivity index is 2.49. The van der Waals surface area contributed by atoms with Crippen molar-refractivity contribution in [3.63, 3.8) is 0 Å². The van der Waals surface area contributed by atoms with E-state index in [9.17, 15) is 0 Å². The molecule has 68 valence electrons. The van der Waals surface area contributed by atoms with Crippen molar-refractivity contribution in [3.05, 3.63) is 48.6 Å². The van der Waals surface area contributed by atoms with E-state index in [0.29, 0.717) is 5.75 Å². The zero-order valence-corrected chi connectivity index (χ0v) is 7.61. The molecule has 0 aliphatic heterocycles. The van der Waals surface area contributed by atoms with E-state index in [1.807, 2.05) is 24.3 Å². The van der Waals surface area contributed by atoms with E-state index in [4.69, 9.17) is 5.11 Å². The number of hydrogen-bond donors (Lipinski definition) is 1. The van der Waals surface area contributed by atoms with Crippen LogP contribution in [0.3, 0.4) is 0 Å². The average Bonchev–Trinajstić information content (AvgIpc) is 2.15. The van der Waals surface area contributed by atoms with E-state index in [0.717, 1.165) is 18.4 Å². The first kappa shape index (κ1) is 9.59. The van der Waals surface area contributed by atoms with Gasteiger partial charge in [0.2, 0.25) is 0 Å². The first-order valence-corrected chi connectivity index (χ1v) is 4.39. The molecule has 0 unspecified atom stereocenters. The monoisotopic (exact) mass is 174 g/mol. The molecule has 0 bridgehead atoms. The molecule has 0 atom stereocenters. The highest BCUT2D eigenvalue weighted by Gasteiger charge is 1.86. The summed E-state index contributed by atoms with van der Waals surface area (Å²) in [5, 5.41) is 9.03. The summed E-state index contributed by atoms with van der Waals surface area (Å²) in [5.74, 6) is 0.309.